The van der Waals surface area contributed by atoms with E-state index in [0.717, 1.165) is 5.69 Å². The number of amides is 1. The van der Waals surface area contributed by atoms with Gasteiger partial charge in [0, 0.05) is 17.4 Å². The number of nitrogens with one attached hydrogen (secondary N) is 2. The molecule has 0 bridgehead atoms. The summed E-state index contributed by atoms with van der Waals surface area (Å²) in [5, 5.41) is 6.13. The third kappa shape index (κ3) is 3.62. The zero-order chi connectivity index (χ0) is 17.1. The van der Waals surface area contributed by atoms with E-state index in [4.69, 9.17) is 9.47 Å². The van der Waals surface area contributed by atoms with Gasteiger partial charge >= 0.3 is 0 Å². The van der Waals surface area contributed by atoms with Crippen LogP contribution in [0.25, 0.3) is 0 Å². The lowest BCUT2D eigenvalue weighted by atomic mass is 10.1. The second-order valence-corrected chi connectivity index (χ2v) is 6.01. The predicted molar refractivity (Wildman–Crippen MR) is 95.1 cm³/mol. The van der Waals surface area contributed by atoms with Crippen molar-refractivity contribution in [1.82, 2.24) is 0 Å². The number of carbonyl (C=O) groups is 1. The monoisotopic (exact) mass is 326 g/mol. The Labute approximate surface area is 142 Å². The fraction of sp³-hybridized carbons (Fsp3) is 0.316. The first-order valence-corrected chi connectivity index (χ1v) is 8.07. The Morgan fingerprint density at radius 3 is 2.42 bits per heavy atom. The normalized spacial score (nSPS) is 14.0. The van der Waals surface area contributed by atoms with Crippen LogP contribution in [0.15, 0.2) is 36.4 Å². The summed E-state index contributed by atoms with van der Waals surface area (Å²) in [7, 11) is 0. The Hall–Kier alpha value is -2.69. The maximum atomic E-state index is 12.4. The molecule has 1 aliphatic heterocycles. The van der Waals surface area contributed by atoms with Gasteiger partial charge in [-0.15, -0.1) is 0 Å². The number of anilines is 2. The first-order valence-electron chi connectivity index (χ1n) is 8.07. The van der Waals surface area contributed by atoms with E-state index >= 15 is 0 Å². The van der Waals surface area contributed by atoms with Crippen molar-refractivity contribution in [2.45, 2.75) is 26.8 Å². The van der Waals surface area contributed by atoms with Crippen LogP contribution in [0.2, 0.25) is 0 Å². The summed E-state index contributed by atoms with van der Waals surface area (Å²) >= 11 is 0. The van der Waals surface area contributed by atoms with Gasteiger partial charge in [0.25, 0.3) is 0 Å². The Morgan fingerprint density at radius 1 is 0.958 bits per heavy atom. The molecule has 0 aliphatic carbocycles. The predicted octanol–water partition coefficient (Wildman–Crippen LogP) is 3.51. The van der Waals surface area contributed by atoms with Crippen molar-refractivity contribution >= 4 is 17.3 Å². The van der Waals surface area contributed by atoms with Gasteiger partial charge in [0.2, 0.25) is 5.91 Å². The highest BCUT2D eigenvalue weighted by Gasteiger charge is 2.16. The molecular weight excluding hydrogens is 304 g/mol. The van der Waals surface area contributed by atoms with Gasteiger partial charge < -0.3 is 20.1 Å². The molecule has 1 atom stereocenters. The Morgan fingerprint density at radius 2 is 1.67 bits per heavy atom. The lowest BCUT2D eigenvalue weighted by molar-refractivity contribution is -0.116. The van der Waals surface area contributed by atoms with Crippen LogP contribution in [0.4, 0.5) is 11.4 Å². The molecule has 0 saturated heterocycles. The topological polar surface area (TPSA) is 59.6 Å². The van der Waals surface area contributed by atoms with Gasteiger partial charge in [-0.2, -0.15) is 0 Å². The third-order valence-corrected chi connectivity index (χ3v) is 4.09. The smallest absolute Gasteiger partial charge is 0.246 e. The van der Waals surface area contributed by atoms with E-state index in [0.29, 0.717) is 30.4 Å². The lowest BCUT2D eigenvalue weighted by Crippen LogP contribution is -2.31. The summed E-state index contributed by atoms with van der Waals surface area (Å²) in [5.74, 6) is 1.26. The van der Waals surface area contributed by atoms with Gasteiger partial charge in [-0.3, -0.25) is 4.79 Å². The molecule has 0 fully saturated rings. The summed E-state index contributed by atoms with van der Waals surface area (Å²) in [6.45, 7) is 7.03. The van der Waals surface area contributed by atoms with Crippen molar-refractivity contribution in [2.24, 2.45) is 0 Å². The first kappa shape index (κ1) is 16.2. The summed E-state index contributed by atoms with van der Waals surface area (Å²) in [4.78, 5) is 12.4. The average Bonchev–Trinajstić information content (AvgIpc) is 2.58. The van der Waals surface area contributed by atoms with E-state index in [1.54, 1.807) is 6.07 Å². The molecule has 126 valence electrons. The molecule has 0 unspecified atom stereocenters. The minimum atomic E-state index is -0.361. The fourth-order valence-corrected chi connectivity index (χ4v) is 2.52. The van der Waals surface area contributed by atoms with Crippen molar-refractivity contribution in [3.8, 4) is 11.5 Å². The van der Waals surface area contributed by atoms with Gasteiger partial charge in [-0.25, -0.2) is 0 Å². The van der Waals surface area contributed by atoms with E-state index in [9.17, 15) is 4.79 Å². The molecule has 2 aromatic carbocycles. The lowest BCUT2D eigenvalue weighted by Gasteiger charge is -2.20. The van der Waals surface area contributed by atoms with Crippen LogP contribution in [0.1, 0.15) is 18.1 Å². The first-order chi connectivity index (χ1) is 11.5. The number of rotatable bonds is 4. The summed E-state index contributed by atoms with van der Waals surface area (Å²) in [5.41, 5.74) is 4.05. The average molecular weight is 326 g/mol. The van der Waals surface area contributed by atoms with Crippen LogP contribution in [-0.4, -0.2) is 25.2 Å². The third-order valence-electron chi connectivity index (χ3n) is 4.09. The molecule has 0 radical (unpaired) electrons. The Bertz CT molecular complexity index is 758. The number of hydrogen-bond acceptors (Lipinski definition) is 4. The second-order valence-electron chi connectivity index (χ2n) is 6.01. The molecular formula is C19H22N2O3. The largest absolute Gasteiger partial charge is 0.486 e. The molecule has 3 rings (SSSR count). The minimum Gasteiger partial charge on any atom is -0.486 e. The maximum absolute atomic E-state index is 12.4. The highest BCUT2D eigenvalue weighted by molar-refractivity contribution is 5.96. The van der Waals surface area contributed by atoms with Gasteiger partial charge in [0.1, 0.15) is 19.3 Å². The molecule has 2 N–H and O–H groups in total. The maximum Gasteiger partial charge on any atom is 0.246 e. The SMILES string of the molecule is Cc1ccc(N[C@@H](C)C(=O)Nc2ccc3c(c2)OCCO3)cc1C. The van der Waals surface area contributed by atoms with Crippen LogP contribution in [-0.2, 0) is 4.79 Å². The van der Waals surface area contributed by atoms with E-state index < -0.39 is 0 Å². The number of hydrogen-bond donors (Lipinski definition) is 2. The zero-order valence-electron chi connectivity index (χ0n) is 14.2. The van der Waals surface area contributed by atoms with Gasteiger partial charge in [-0.05, 0) is 56.2 Å². The van der Waals surface area contributed by atoms with Crippen molar-refractivity contribution < 1.29 is 14.3 Å². The van der Waals surface area contributed by atoms with E-state index in [2.05, 4.69) is 24.5 Å². The van der Waals surface area contributed by atoms with Gasteiger partial charge in [0.05, 0.1) is 0 Å². The number of aryl methyl sites for hydroxylation is 2. The number of carbonyl (C=O) groups excluding carboxylic acids is 1. The Kier molecular flexibility index (Phi) is 4.60. The molecule has 0 aromatic heterocycles. The molecule has 0 spiro atoms. The van der Waals surface area contributed by atoms with Crippen molar-refractivity contribution in [3.63, 3.8) is 0 Å². The zero-order valence-corrected chi connectivity index (χ0v) is 14.2. The van der Waals surface area contributed by atoms with E-state index in [1.807, 2.05) is 37.3 Å². The Balaban J connectivity index is 1.64. The van der Waals surface area contributed by atoms with Crippen LogP contribution in [0.5, 0.6) is 11.5 Å². The molecule has 2 aromatic rings. The quantitative estimate of drug-likeness (QED) is 0.902. The van der Waals surface area contributed by atoms with Gasteiger partial charge in [-0.1, -0.05) is 6.07 Å². The van der Waals surface area contributed by atoms with Crippen molar-refractivity contribution in [1.29, 1.82) is 0 Å². The van der Waals surface area contributed by atoms with Crippen LogP contribution in [0, 0.1) is 13.8 Å². The van der Waals surface area contributed by atoms with Crippen molar-refractivity contribution in [3.05, 3.63) is 47.5 Å². The molecule has 24 heavy (non-hydrogen) atoms. The molecule has 1 heterocycles. The van der Waals surface area contributed by atoms with E-state index in [1.165, 1.54) is 11.1 Å². The highest BCUT2D eigenvalue weighted by Crippen LogP contribution is 2.32. The standard InChI is InChI=1S/C19H22N2O3/c1-12-4-5-15(10-13(12)2)20-14(3)19(22)21-16-6-7-17-18(11-16)24-9-8-23-17/h4-7,10-11,14,20H,8-9H2,1-3H3,(H,21,22)/t14-/m0/s1. The molecule has 5 heteroatoms. The van der Waals surface area contributed by atoms with Crippen molar-refractivity contribution in [2.75, 3.05) is 23.8 Å². The molecule has 0 saturated carbocycles. The van der Waals surface area contributed by atoms with Crippen LogP contribution in [0.3, 0.4) is 0 Å². The summed E-state index contributed by atoms with van der Waals surface area (Å²) < 4.78 is 11.0. The number of benzene rings is 2. The van der Waals surface area contributed by atoms with Crippen LogP contribution >= 0.6 is 0 Å². The highest BCUT2D eigenvalue weighted by atomic mass is 16.6. The molecule has 1 aliphatic rings. The van der Waals surface area contributed by atoms with Crippen LogP contribution < -0.4 is 20.1 Å². The minimum absolute atomic E-state index is 0.107. The number of ether oxygens (including phenoxy) is 2. The van der Waals surface area contributed by atoms with Gasteiger partial charge in [0.15, 0.2) is 11.5 Å². The molecule has 5 nitrogen and oxygen atoms in total. The summed E-state index contributed by atoms with van der Waals surface area (Å²) in [6, 6.07) is 11.1. The number of fused-ring (bicyclic) bond motifs is 1. The van der Waals surface area contributed by atoms with E-state index in [-0.39, 0.29) is 11.9 Å². The summed E-state index contributed by atoms with van der Waals surface area (Å²) in [6.07, 6.45) is 0. The fourth-order valence-electron chi connectivity index (χ4n) is 2.52. The molecule has 1 amide bonds. The second kappa shape index (κ2) is 6.83.